The highest BCUT2D eigenvalue weighted by Crippen LogP contribution is 2.54. The number of hydrogen-bond donors (Lipinski definition) is 0. The number of ether oxygens (including phenoxy) is 3. The normalized spacial score (nSPS) is 13.8. The van der Waals surface area contributed by atoms with E-state index in [0.717, 1.165) is 199 Å². The van der Waals surface area contributed by atoms with E-state index in [1.807, 2.05) is 24.3 Å². The molecule has 0 saturated carbocycles. The number of imide groups is 2. The fourth-order valence-corrected chi connectivity index (χ4v) is 12.1. The number of benzene rings is 5. The van der Waals surface area contributed by atoms with Gasteiger partial charge < -0.3 is 14.2 Å². The van der Waals surface area contributed by atoms with Gasteiger partial charge in [0.1, 0.15) is 17.2 Å². The van der Waals surface area contributed by atoms with Crippen molar-refractivity contribution in [3.63, 3.8) is 0 Å². The first-order valence-electron chi connectivity index (χ1n) is 28.8. The monoisotopic (exact) mass is 1050 g/mol. The number of hydrogen-bond acceptors (Lipinski definition) is 7. The van der Waals surface area contributed by atoms with Gasteiger partial charge in [-0.1, -0.05) is 170 Å². The second-order valence-corrected chi connectivity index (χ2v) is 21.8. The van der Waals surface area contributed by atoms with Gasteiger partial charge in [0, 0.05) is 27.3 Å². The first-order chi connectivity index (χ1) is 35.1. The average molecular weight is 1050 g/mol. The van der Waals surface area contributed by atoms with Gasteiger partial charge in [0.2, 0.25) is 0 Å². The van der Waals surface area contributed by atoms with Gasteiger partial charge in [-0.2, -0.15) is 0 Å². The summed E-state index contributed by atoms with van der Waals surface area (Å²) in [5, 5.41) is 5.84. The van der Waals surface area contributed by atoms with Gasteiger partial charge in [-0.15, -0.1) is 0 Å². The Balaban J connectivity index is 1.54. The second-order valence-electron chi connectivity index (χ2n) is 20.9. The molecule has 10 heteroatoms. The summed E-state index contributed by atoms with van der Waals surface area (Å²) >= 11 is 3.95. The molecule has 0 N–H and O–H groups in total. The first kappa shape index (κ1) is 55.3. The van der Waals surface area contributed by atoms with Crippen LogP contribution < -0.4 is 14.2 Å². The van der Waals surface area contributed by atoms with Crippen LogP contribution in [0.2, 0.25) is 0 Å². The summed E-state index contributed by atoms with van der Waals surface area (Å²) in [6, 6.07) is 7.52. The van der Waals surface area contributed by atoms with Crippen molar-refractivity contribution < 1.29 is 33.4 Å². The van der Waals surface area contributed by atoms with Gasteiger partial charge >= 0.3 is 0 Å². The lowest BCUT2D eigenvalue weighted by Gasteiger charge is -2.37. The van der Waals surface area contributed by atoms with Crippen LogP contribution in [0.5, 0.6) is 17.2 Å². The minimum absolute atomic E-state index is 0.242. The van der Waals surface area contributed by atoms with E-state index in [-0.39, 0.29) is 35.7 Å². The third kappa shape index (κ3) is 11.4. The summed E-state index contributed by atoms with van der Waals surface area (Å²) in [5.74, 6) is 0.123. The zero-order valence-electron chi connectivity index (χ0n) is 45.1. The van der Waals surface area contributed by atoms with Crippen LogP contribution in [-0.2, 0) is 0 Å². The maximum Gasteiger partial charge on any atom is 0.265 e. The summed E-state index contributed by atoms with van der Waals surface area (Å²) in [6.07, 6.45) is 25.0. The molecule has 2 aliphatic heterocycles. The Morgan fingerprint density at radius 1 is 0.361 bits per heavy atom. The highest BCUT2D eigenvalue weighted by molar-refractivity contribution is 9.10. The highest BCUT2D eigenvalue weighted by atomic mass is 79.9. The van der Waals surface area contributed by atoms with Crippen LogP contribution in [0.1, 0.15) is 257 Å². The summed E-state index contributed by atoms with van der Waals surface area (Å²) in [6.45, 7) is 16.4. The molecule has 0 aliphatic carbocycles. The van der Waals surface area contributed by atoms with Crippen molar-refractivity contribution >= 4 is 82.6 Å². The van der Waals surface area contributed by atoms with Gasteiger partial charge in [0.05, 0.1) is 42.1 Å². The van der Waals surface area contributed by atoms with E-state index >= 15 is 19.2 Å². The lowest BCUT2D eigenvalue weighted by molar-refractivity contribution is 0.0496. The molecule has 2 aliphatic rings. The fraction of sp³-hybridized carbons (Fsp3) is 0.613. The summed E-state index contributed by atoms with van der Waals surface area (Å²) in [4.78, 5) is 65.4. The van der Waals surface area contributed by atoms with Crippen LogP contribution in [0, 0.1) is 0 Å². The Labute approximate surface area is 439 Å². The number of amides is 4. The van der Waals surface area contributed by atoms with Crippen LogP contribution in [0.25, 0.3) is 43.1 Å². The SMILES string of the molecule is CCCCCCC(CCCCCC)N1C(=O)c2c(Br)cc3c4cc(OCCCC)c5c6c(c(OCCCC)cc(c7cc(OCCCC)c(c2c37)C1=O)c64)C(=O)N(C(CCCCCC)CCCCCC)C5=O. The standard InChI is InChI=1S/C62H85BrN2O7/c1-8-15-22-26-30-41(31-27-23-16-9-2)64-59(66)53-47(63)37-43-44-38-49(71-35-20-13-6)55-58-52(44)46(45-39-48(70-34-19-12-5)54(60(64)67)57(53)51(43)45)40-50(72-36-21-14-7)56(58)62(69)65(61(55)68)42(32-28-24-17-10-3)33-29-25-18-11-4/h37-42H,8-36H2,1-7H3. The molecule has 5 aromatic carbocycles. The quantitative estimate of drug-likeness (QED) is 0.0175. The van der Waals surface area contributed by atoms with Gasteiger partial charge in [-0.05, 0) is 117 Å². The Morgan fingerprint density at radius 3 is 0.944 bits per heavy atom. The van der Waals surface area contributed by atoms with Gasteiger partial charge in [-0.3, -0.25) is 29.0 Å². The highest BCUT2D eigenvalue weighted by Gasteiger charge is 2.45. The lowest BCUT2D eigenvalue weighted by atomic mass is 9.80. The first-order valence-corrected chi connectivity index (χ1v) is 29.6. The topological polar surface area (TPSA) is 102 Å². The van der Waals surface area contributed by atoms with Crippen LogP contribution in [0.3, 0.4) is 0 Å². The molecule has 7 rings (SSSR count). The van der Waals surface area contributed by atoms with E-state index in [9.17, 15) is 0 Å². The molecule has 9 nitrogen and oxygen atoms in total. The smallest absolute Gasteiger partial charge is 0.265 e. The number of halogens is 1. The molecule has 2 heterocycles. The summed E-state index contributed by atoms with van der Waals surface area (Å²) in [7, 11) is 0. The van der Waals surface area contributed by atoms with Crippen molar-refractivity contribution in [2.75, 3.05) is 19.8 Å². The molecule has 0 atom stereocenters. The van der Waals surface area contributed by atoms with Crippen molar-refractivity contribution in [2.45, 2.75) is 227 Å². The molecule has 0 bridgehead atoms. The van der Waals surface area contributed by atoms with E-state index in [1.165, 1.54) is 0 Å². The number of carbonyl (C=O) groups excluding carboxylic acids is 4. The molecule has 5 aromatic rings. The van der Waals surface area contributed by atoms with Crippen LogP contribution >= 0.6 is 15.9 Å². The maximum atomic E-state index is 15.6. The second kappa shape index (κ2) is 26.7. The minimum Gasteiger partial charge on any atom is -0.493 e. The summed E-state index contributed by atoms with van der Waals surface area (Å²) < 4.78 is 20.9. The van der Waals surface area contributed by atoms with E-state index in [1.54, 1.807) is 9.80 Å². The Hall–Kier alpha value is -4.44. The van der Waals surface area contributed by atoms with Gasteiger partial charge in [0.25, 0.3) is 23.6 Å². The number of fused-ring (bicyclic) bond motifs is 2. The van der Waals surface area contributed by atoms with E-state index < -0.39 is 0 Å². The maximum absolute atomic E-state index is 15.6. The molecule has 0 radical (unpaired) electrons. The van der Waals surface area contributed by atoms with Crippen molar-refractivity contribution in [2.24, 2.45) is 0 Å². The fourth-order valence-electron chi connectivity index (χ4n) is 11.5. The zero-order chi connectivity index (χ0) is 51.3. The van der Waals surface area contributed by atoms with E-state index in [4.69, 9.17) is 14.2 Å². The van der Waals surface area contributed by atoms with E-state index in [0.29, 0.717) is 74.6 Å². The predicted molar refractivity (Wildman–Crippen MR) is 300 cm³/mol. The molecule has 0 aromatic heterocycles. The van der Waals surface area contributed by atoms with Gasteiger partial charge in [0.15, 0.2) is 0 Å². The molecule has 392 valence electrons. The third-order valence-corrected chi connectivity index (χ3v) is 16.1. The number of rotatable bonds is 34. The van der Waals surface area contributed by atoms with Crippen molar-refractivity contribution in [1.29, 1.82) is 0 Å². The zero-order valence-corrected chi connectivity index (χ0v) is 46.7. The Bertz CT molecular complexity index is 2630. The Morgan fingerprint density at radius 2 is 0.639 bits per heavy atom. The molecule has 0 unspecified atom stereocenters. The minimum atomic E-state index is -0.311. The van der Waals surface area contributed by atoms with Crippen LogP contribution in [0.4, 0.5) is 0 Å². The summed E-state index contributed by atoms with van der Waals surface area (Å²) in [5.41, 5.74) is 1.71. The van der Waals surface area contributed by atoms with Crippen LogP contribution in [-0.4, -0.2) is 65.3 Å². The van der Waals surface area contributed by atoms with E-state index in [2.05, 4.69) is 64.4 Å². The number of carbonyl (C=O) groups is 4. The predicted octanol–water partition coefficient (Wildman–Crippen LogP) is 17.8. The van der Waals surface area contributed by atoms with Gasteiger partial charge in [-0.25, -0.2) is 0 Å². The molecular weight excluding hydrogens is 965 g/mol. The number of nitrogens with zero attached hydrogens (tertiary/aromatic N) is 2. The lowest BCUT2D eigenvalue weighted by Crippen LogP contribution is -2.47. The van der Waals surface area contributed by atoms with Crippen molar-refractivity contribution in [1.82, 2.24) is 9.80 Å². The molecule has 72 heavy (non-hydrogen) atoms. The van der Waals surface area contributed by atoms with Crippen molar-refractivity contribution in [3.05, 3.63) is 51.0 Å². The largest absolute Gasteiger partial charge is 0.493 e. The third-order valence-electron chi connectivity index (χ3n) is 15.5. The molecule has 0 fully saturated rings. The van der Waals surface area contributed by atoms with Crippen LogP contribution in [0.15, 0.2) is 28.7 Å². The molecule has 4 amide bonds. The number of unbranched alkanes of at least 4 members (excludes halogenated alkanes) is 15. The molecule has 0 saturated heterocycles. The Kier molecular flexibility index (Phi) is 20.5. The molecule has 0 spiro atoms. The van der Waals surface area contributed by atoms with Crippen molar-refractivity contribution in [3.8, 4) is 17.2 Å². The average Bonchev–Trinajstić information content (AvgIpc) is 3.36. The molecular formula is C62H85BrN2O7.